The van der Waals surface area contributed by atoms with Gasteiger partial charge in [0.15, 0.2) is 9.84 Å². The Morgan fingerprint density at radius 1 is 0.771 bits per heavy atom. The minimum absolute atomic E-state index is 0.270. The van der Waals surface area contributed by atoms with E-state index in [1.807, 2.05) is 66.7 Å². The van der Waals surface area contributed by atoms with Gasteiger partial charge in [0.05, 0.1) is 46.8 Å². The van der Waals surface area contributed by atoms with Gasteiger partial charge < -0.3 is 0 Å². The normalized spacial score (nSPS) is 12.0. The van der Waals surface area contributed by atoms with Crippen LogP contribution in [0.3, 0.4) is 0 Å². The molecule has 0 bridgehead atoms. The van der Waals surface area contributed by atoms with Crippen LogP contribution in [0, 0.1) is 0 Å². The number of sulfone groups is 1. The van der Waals surface area contributed by atoms with Gasteiger partial charge in [-0.25, -0.2) is 13.3 Å². The first-order chi connectivity index (χ1) is 16.7. The first kappa shape index (κ1) is 25.1. The molecule has 0 aliphatic carbocycles. The predicted molar refractivity (Wildman–Crippen MR) is 139 cm³/mol. The Hall–Kier alpha value is -3.04. The molecule has 0 amide bonds. The van der Waals surface area contributed by atoms with Crippen molar-refractivity contribution in [1.29, 1.82) is 0 Å². The van der Waals surface area contributed by atoms with Crippen LogP contribution in [-0.4, -0.2) is 31.8 Å². The van der Waals surface area contributed by atoms with E-state index in [4.69, 9.17) is 14.3 Å². The van der Waals surface area contributed by atoms with Crippen LogP contribution >= 0.6 is 12.0 Å². The van der Waals surface area contributed by atoms with Crippen molar-refractivity contribution < 1.29 is 17.6 Å². The second kappa shape index (κ2) is 10.3. The number of nitrogens with zero attached hydrogens (tertiary/aromatic N) is 2. The molecule has 0 spiro atoms. The highest BCUT2D eigenvalue weighted by molar-refractivity contribution is 7.94. The lowest BCUT2D eigenvalue weighted by molar-refractivity contribution is -0.160. The maximum absolute atomic E-state index is 12.0. The summed E-state index contributed by atoms with van der Waals surface area (Å²) in [5.74, 6) is 0. The first-order valence-electron chi connectivity index (χ1n) is 10.9. The predicted octanol–water partition coefficient (Wildman–Crippen LogP) is 6.13. The molecule has 2 aromatic heterocycles. The van der Waals surface area contributed by atoms with Crippen LogP contribution in [-0.2, 0) is 24.5 Å². The van der Waals surface area contributed by atoms with E-state index in [1.54, 1.807) is 18.2 Å². The van der Waals surface area contributed by atoms with Crippen molar-refractivity contribution in [3.63, 3.8) is 0 Å². The number of hydrogen-bond donors (Lipinski definition) is 0. The molecule has 8 heteroatoms. The van der Waals surface area contributed by atoms with Crippen LogP contribution in [0.25, 0.3) is 22.5 Å². The van der Waals surface area contributed by atoms with E-state index in [1.165, 1.54) is 13.4 Å². The maximum atomic E-state index is 12.0. The molecule has 0 aliphatic rings. The third-order valence-corrected chi connectivity index (χ3v) is 7.43. The SMILES string of the molecule is COOSc1cccc(-c2cccc(C(C)(C)c3cccc(-c4cccc(S(C)(=O)=O)c4)n3)n2)c1. The van der Waals surface area contributed by atoms with E-state index in [-0.39, 0.29) is 4.90 Å². The Morgan fingerprint density at radius 2 is 1.31 bits per heavy atom. The van der Waals surface area contributed by atoms with Crippen LogP contribution < -0.4 is 0 Å². The lowest BCUT2D eigenvalue weighted by Crippen LogP contribution is -2.22. The average molecular weight is 507 g/mol. The molecule has 2 heterocycles. The molecule has 2 aromatic carbocycles. The van der Waals surface area contributed by atoms with E-state index in [0.29, 0.717) is 5.69 Å². The Morgan fingerprint density at radius 3 is 1.89 bits per heavy atom. The van der Waals surface area contributed by atoms with Gasteiger partial charge in [-0.1, -0.05) is 36.4 Å². The zero-order valence-electron chi connectivity index (χ0n) is 19.9. The standard InChI is InChI=1S/C27H26N2O4S2/c1-27(2,25-15-7-13-23(28-25)19-9-5-11-21(17-19)34-33-32-3)26-16-8-14-24(29-26)20-10-6-12-22(18-20)35(4,30)31/h5-18H,1-4H3. The summed E-state index contributed by atoms with van der Waals surface area (Å²) in [6.45, 7) is 4.16. The van der Waals surface area contributed by atoms with Gasteiger partial charge in [0.1, 0.15) is 0 Å². The monoisotopic (exact) mass is 506 g/mol. The first-order valence-corrected chi connectivity index (χ1v) is 13.5. The molecule has 35 heavy (non-hydrogen) atoms. The van der Waals surface area contributed by atoms with Crippen molar-refractivity contribution in [2.45, 2.75) is 29.1 Å². The van der Waals surface area contributed by atoms with E-state index in [2.05, 4.69) is 18.7 Å². The molecular weight excluding hydrogens is 480 g/mol. The summed E-state index contributed by atoms with van der Waals surface area (Å²) in [6.07, 6.45) is 1.21. The Bertz CT molecular complexity index is 1450. The highest BCUT2D eigenvalue weighted by atomic mass is 32.2. The van der Waals surface area contributed by atoms with Gasteiger partial charge in [0.25, 0.3) is 0 Å². The highest BCUT2D eigenvalue weighted by Gasteiger charge is 2.27. The van der Waals surface area contributed by atoms with Crippen molar-refractivity contribution in [1.82, 2.24) is 9.97 Å². The van der Waals surface area contributed by atoms with Crippen molar-refractivity contribution in [2.75, 3.05) is 13.4 Å². The van der Waals surface area contributed by atoms with Crippen LogP contribution in [0.1, 0.15) is 25.2 Å². The molecule has 0 saturated carbocycles. The zero-order valence-corrected chi connectivity index (χ0v) is 21.6. The van der Waals surface area contributed by atoms with E-state index < -0.39 is 15.3 Å². The fourth-order valence-electron chi connectivity index (χ4n) is 3.68. The summed E-state index contributed by atoms with van der Waals surface area (Å²) in [5.41, 5.74) is 4.48. The summed E-state index contributed by atoms with van der Waals surface area (Å²) >= 11 is 1.14. The minimum atomic E-state index is -3.31. The van der Waals surface area contributed by atoms with Gasteiger partial charge in [-0.15, -0.1) is 0 Å². The summed E-state index contributed by atoms with van der Waals surface area (Å²) < 4.78 is 29.0. The van der Waals surface area contributed by atoms with Crippen LogP contribution in [0.5, 0.6) is 0 Å². The van der Waals surface area contributed by atoms with E-state index >= 15 is 0 Å². The Kier molecular flexibility index (Phi) is 7.37. The van der Waals surface area contributed by atoms with Crippen molar-refractivity contribution >= 4 is 21.9 Å². The summed E-state index contributed by atoms with van der Waals surface area (Å²) in [5, 5.41) is 0. The van der Waals surface area contributed by atoms with Gasteiger partial charge in [-0.2, -0.15) is 4.33 Å². The molecular formula is C27H26N2O4S2. The largest absolute Gasteiger partial charge is 0.252 e. The molecule has 6 nitrogen and oxygen atoms in total. The summed E-state index contributed by atoms with van der Waals surface area (Å²) in [6, 6.07) is 26.5. The average Bonchev–Trinajstić information content (AvgIpc) is 2.87. The number of benzene rings is 2. The third kappa shape index (κ3) is 5.79. The number of aromatic nitrogens is 2. The van der Waals surface area contributed by atoms with Gasteiger partial charge in [0.2, 0.25) is 0 Å². The van der Waals surface area contributed by atoms with Crippen LogP contribution in [0.4, 0.5) is 0 Å². The molecule has 0 atom stereocenters. The second-order valence-corrected chi connectivity index (χ2v) is 11.4. The second-order valence-electron chi connectivity index (χ2n) is 8.59. The number of pyridine rings is 2. The molecule has 0 fully saturated rings. The molecule has 0 unspecified atom stereocenters. The van der Waals surface area contributed by atoms with E-state index in [0.717, 1.165) is 45.1 Å². The zero-order chi connectivity index (χ0) is 25.1. The molecule has 4 aromatic rings. The van der Waals surface area contributed by atoms with Gasteiger partial charge >= 0.3 is 0 Å². The van der Waals surface area contributed by atoms with Crippen LogP contribution in [0.2, 0.25) is 0 Å². The van der Waals surface area contributed by atoms with Crippen molar-refractivity contribution in [3.8, 4) is 22.5 Å². The Labute approximate surface area is 210 Å². The minimum Gasteiger partial charge on any atom is -0.252 e. The third-order valence-electron chi connectivity index (χ3n) is 5.66. The maximum Gasteiger partial charge on any atom is 0.175 e. The molecule has 0 saturated heterocycles. The van der Waals surface area contributed by atoms with Crippen LogP contribution in [0.15, 0.2) is 94.7 Å². The molecule has 0 radical (unpaired) electrons. The lowest BCUT2D eigenvalue weighted by Gasteiger charge is -2.25. The summed E-state index contributed by atoms with van der Waals surface area (Å²) in [4.78, 5) is 15.7. The molecule has 0 N–H and O–H groups in total. The number of hydrogen-bond acceptors (Lipinski definition) is 7. The molecule has 4 rings (SSSR count). The van der Waals surface area contributed by atoms with Gasteiger partial charge in [0, 0.05) is 27.7 Å². The lowest BCUT2D eigenvalue weighted by atomic mass is 9.84. The summed E-state index contributed by atoms with van der Waals surface area (Å²) in [7, 11) is -1.84. The topological polar surface area (TPSA) is 78.4 Å². The van der Waals surface area contributed by atoms with Crippen molar-refractivity contribution in [2.24, 2.45) is 0 Å². The fourth-order valence-corrected chi connectivity index (χ4v) is 4.81. The molecule has 180 valence electrons. The van der Waals surface area contributed by atoms with Gasteiger partial charge in [-0.3, -0.25) is 9.97 Å². The highest BCUT2D eigenvalue weighted by Crippen LogP contribution is 2.33. The quantitative estimate of drug-likeness (QED) is 0.162. The fraction of sp³-hybridized carbons (Fsp3) is 0.185. The Balaban J connectivity index is 1.69. The van der Waals surface area contributed by atoms with Crippen molar-refractivity contribution in [3.05, 3.63) is 96.3 Å². The molecule has 0 aliphatic heterocycles. The van der Waals surface area contributed by atoms with Gasteiger partial charge in [-0.05, 0) is 62.4 Å². The number of rotatable bonds is 8. The smallest absolute Gasteiger partial charge is 0.175 e. The van der Waals surface area contributed by atoms with E-state index in [9.17, 15) is 8.42 Å².